The molecule has 2 atom stereocenters. The number of methoxy groups -OCH3 is 2. The van der Waals surface area contributed by atoms with Crippen LogP contribution in [0.4, 0.5) is 0 Å². The number of likely N-dealkylation sites (tertiary alicyclic amines) is 1. The highest BCUT2D eigenvalue weighted by atomic mass is 16.5. The van der Waals surface area contributed by atoms with Crippen LogP contribution in [-0.4, -0.2) is 60.9 Å². The third-order valence-corrected chi connectivity index (χ3v) is 5.15. The van der Waals surface area contributed by atoms with Crippen LogP contribution in [0.15, 0.2) is 18.2 Å². The first kappa shape index (κ1) is 18.5. The molecule has 1 heterocycles. The van der Waals surface area contributed by atoms with Gasteiger partial charge in [-0.3, -0.25) is 4.79 Å². The average Bonchev–Trinajstić information content (AvgIpc) is 3.30. The Bertz CT molecular complexity index is 670. The molecule has 0 spiro atoms. The first-order valence-corrected chi connectivity index (χ1v) is 8.94. The van der Waals surface area contributed by atoms with Crippen LogP contribution in [0.3, 0.4) is 0 Å². The molecule has 0 radical (unpaired) electrons. The van der Waals surface area contributed by atoms with Crippen molar-refractivity contribution in [3.05, 3.63) is 23.8 Å². The quantitative estimate of drug-likeness (QED) is 0.835. The van der Waals surface area contributed by atoms with E-state index in [9.17, 15) is 14.7 Å². The lowest BCUT2D eigenvalue weighted by Crippen LogP contribution is -2.40. The summed E-state index contributed by atoms with van der Waals surface area (Å²) >= 11 is 0. The van der Waals surface area contributed by atoms with E-state index in [0.29, 0.717) is 23.5 Å². The number of amides is 1. The van der Waals surface area contributed by atoms with E-state index in [0.717, 1.165) is 25.7 Å². The molecule has 1 aliphatic carbocycles. The van der Waals surface area contributed by atoms with Gasteiger partial charge in [0.15, 0.2) is 11.5 Å². The number of aliphatic carboxylic acids is 1. The maximum atomic E-state index is 12.9. The smallest absolute Gasteiger partial charge is 0.326 e. The van der Waals surface area contributed by atoms with E-state index in [1.165, 1.54) is 12.0 Å². The number of nitrogens with zero attached hydrogens (tertiary/aromatic N) is 1. The molecule has 1 N–H and O–H groups in total. The topological polar surface area (TPSA) is 85.3 Å². The molecule has 7 heteroatoms. The Hall–Kier alpha value is -2.28. The maximum absolute atomic E-state index is 12.9. The van der Waals surface area contributed by atoms with Gasteiger partial charge in [-0.25, -0.2) is 4.79 Å². The second-order valence-electron chi connectivity index (χ2n) is 6.79. The van der Waals surface area contributed by atoms with E-state index in [1.807, 2.05) is 0 Å². The van der Waals surface area contributed by atoms with Crippen molar-refractivity contribution in [3.8, 4) is 11.5 Å². The van der Waals surface area contributed by atoms with E-state index in [4.69, 9.17) is 14.2 Å². The minimum Gasteiger partial charge on any atom is -0.493 e. The molecule has 1 amide bonds. The van der Waals surface area contributed by atoms with Gasteiger partial charge < -0.3 is 24.2 Å². The van der Waals surface area contributed by atoms with E-state index in [-0.39, 0.29) is 24.7 Å². The Kier molecular flexibility index (Phi) is 5.66. The minimum absolute atomic E-state index is 0.130. The Morgan fingerprint density at radius 3 is 2.46 bits per heavy atom. The molecule has 1 saturated heterocycles. The molecule has 26 heavy (non-hydrogen) atoms. The summed E-state index contributed by atoms with van der Waals surface area (Å²) in [4.78, 5) is 25.8. The molecule has 2 aliphatic rings. The van der Waals surface area contributed by atoms with Crippen LogP contribution >= 0.6 is 0 Å². The summed E-state index contributed by atoms with van der Waals surface area (Å²) in [5.41, 5.74) is 0.391. The van der Waals surface area contributed by atoms with E-state index in [2.05, 4.69) is 0 Å². The fraction of sp³-hybridized carbons (Fsp3) is 0.579. The molecule has 2 unspecified atom stereocenters. The third kappa shape index (κ3) is 3.77. The van der Waals surface area contributed by atoms with Crippen LogP contribution in [0.1, 0.15) is 42.5 Å². The Morgan fingerprint density at radius 1 is 1.12 bits per heavy atom. The number of carbonyl (C=O) groups excluding carboxylic acids is 1. The Labute approximate surface area is 152 Å². The van der Waals surface area contributed by atoms with Crippen LogP contribution in [0.2, 0.25) is 0 Å². The highest BCUT2D eigenvalue weighted by Gasteiger charge is 2.40. The van der Waals surface area contributed by atoms with Crippen molar-refractivity contribution < 1.29 is 28.9 Å². The van der Waals surface area contributed by atoms with Crippen molar-refractivity contribution in [2.24, 2.45) is 0 Å². The third-order valence-electron chi connectivity index (χ3n) is 5.15. The SMILES string of the molecule is COc1ccc(C(=O)N2CC(OC)CC2C(=O)O)cc1OC1CCCC1. The molecule has 1 saturated carbocycles. The number of hydrogen-bond donors (Lipinski definition) is 1. The van der Waals surface area contributed by atoms with Crippen molar-refractivity contribution in [2.75, 3.05) is 20.8 Å². The summed E-state index contributed by atoms with van der Waals surface area (Å²) in [6.07, 6.45) is 4.40. The fourth-order valence-electron chi connectivity index (χ4n) is 3.68. The number of carboxylic acids is 1. The normalized spacial score (nSPS) is 23.2. The lowest BCUT2D eigenvalue weighted by atomic mass is 10.1. The van der Waals surface area contributed by atoms with Gasteiger partial charge in [0.25, 0.3) is 5.91 Å². The van der Waals surface area contributed by atoms with Gasteiger partial charge in [0.05, 0.1) is 19.3 Å². The molecular formula is C19H25NO6. The molecule has 3 rings (SSSR count). The van der Waals surface area contributed by atoms with Gasteiger partial charge in [0.2, 0.25) is 0 Å². The molecule has 142 valence electrons. The van der Waals surface area contributed by atoms with E-state index < -0.39 is 12.0 Å². The second-order valence-corrected chi connectivity index (χ2v) is 6.79. The summed E-state index contributed by atoms with van der Waals surface area (Å²) in [5, 5.41) is 9.43. The monoisotopic (exact) mass is 363 g/mol. The van der Waals surface area contributed by atoms with Gasteiger partial charge in [-0.2, -0.15) is 0 Å². The van der Waals surface area contributed by atoms with Crippen molar-refractivity contribution in [1.29, 1.82) is 0 Å². The van der Waals surface area contributed by atoms with Crippen LogP contribution in [0.5, 0.6) is 11.5 Å². The summed E-state index contributed by atoms with van der Waals surface area (Å²) < 4.78 is 16.6. The standard InChI is InChI=1S/C19H25NO6/c1-24-14-10-15(19(22)23)20(11-14)18(21)12-7-8-16(25-2)17(9-12)26-13-5-3-4-6-13/h7-9,13-15H,3-6,10-11H2,1-2H3,(H,22,23). The van der Waals surface area contributed by atoms with Crippen molar-refractivity contribution in [3.63, 3.8) is 0 Å². The first-order chi connectivity index (χ1) is 12.5. The zero-order chi connectivity index (χ0) is 18.7. The van der Waals surface area contributed by atoms with E-state index >= 15 is 0 Å². The molecule has 0 bridgehead atoms. The van der Waals surface area contributed by atoms with Gasteiger partial charge in [0, 0.05) is 25.6 Å². The second kappa shape index (κ2) is 7.95. The number of carbonyl (C=O) groups is 2. The van der Waals surface area contributed by atoms with Gasteiger partial charge in [-0.15, -0.1) is 0 Å². The van der Waals surface area contributed by atoms with Crippen LogP contribution < -0.4 is 9.47 Å². The summed E-state index contributed by atoms with van der Waals surface area (Å²) in [5.74, 6) is -0.260. The van der Waals surface area contributed by atoms with Crippen LogP contribution in [-0.2, 0) is 9.53 Å². The molecule has 1 aromatic carbocycles. The highest BCUT2D eigenvalue weighted by molar-refractivity contribution is 5.97. The average molecular weight is 363 g/mol. The van der Waals surface area contributed by atoms with Crippen molar-refractivity contribution in [2.45, 2.75) is 50.4 Å². The number of ether oxygens (including phenoxy) is 3. The predicted molar refractivity (Wildman–Crippen MR) is 93.8 cm³/mol. The van der Waals surface area contributed by atoms with Gasteiger partial charge in [-0.05, 0) is 43.9 Å². The molecule has 7 nitrogen and oxygen atoms in total. The Morgan fingerprint density at radius 2 is 1.85 bits per heavy atom. The zero-order valence-corrected chi connectivity index (χ0v) is 15.1. The summed E-state index contributed by atoms with van der Waals surface area (Å²) in [6.45, 7) is 0.261. The molecule has 1 aliphatic heterocycles. The van der Waals surface area contributed by atoms with Gasteiger partial charge in [-0.1, -0.05) is 0 Å². The lowest BCUT2D eigenvalue weighted by molar-refractivity contribution is -0.141. The number of carboxylic acid groups (broad SMARTS) is 1. The number of rotatable bonds is 6. The van der Waals surface area contributed by atoms with E-state index in [1.54, 1.807) is 25.3 Å². The molecule has 1 aromatic rings. The minimum atomic E-state index is -1.02. The molecule has 2 fully saturated rings. The van der Waals surface area contributed by atoms with Crippen LogP contribution in [0.25, 0.3) is 0 Å². The lowest BCUT2D eigenvalue weighted by Gasteiger charge is -2.22. The fourth-order valence-corrected chi connectivity index (χ4v) is 3.68. The van der Waals surface area contributed by atoms with Crippen LogP contribution in [0, 0.1) is 0 Å². The number of benzene rings is 1. The molecule has 0 aromatic heterocycles. The van der Waals surface area contributed by atoms with Gasteiger partial charge in [0.1, 0.15) is 6.04 Å². The zero-order valence-electron chi connectivity index (χ0n) is 15.1. The van der Waals surface area contributed by atoms with Crippen molar-refractivity contribution in [1.82, 2.24) is 4.90 Å². The Balaban J connectivity index is 1.83. The predicted octanol–water partition coefficient (Wildman–Crippen LogP) is 2.33. The highest BCUT2D eigenvalue weighted by Crippen LogP contribution is 2.33. The summed E-state index contributed by atoms with van der Waals surface area (Å²) in [6, 6.07) is 4.10. The molecular weight excluding hydrogens is 338 g/mol. The maximum Gasteiger partial charge on any atom is 0.326 e. The number of hydrogen-bond acceptors (Lipinski definition) is 5. The van der Waals surface area contributed by atoms with Gasteiger partial charge >= 0.3 is 5.97 Å². The summed E-state index contributed by atoms with van der Waals surface area (Å²) in [7, 11) is 3.08. The van der Waals surface area contributed by atoms with Crippen molar-refractivity contribution >= 4 is 11.9 Å². The largest absolute Gasteiger partial charge is 0.493 e. The first-order valence-electron chi connectivity index (χ1n) is 8.94.